The molecular formula is C31H49N3O4. The van der Waals surface area contributed by atoms with Gasteiger partial charge in [0, 0.05) is 18.0 Å². The lowest BCUT2D eigenvalue weighted by Gasteiger charge is -2.41. The van der Waals surface area contributed by atoms with Gasteiger partial charge in [0.1, 0.15) is 6.04 Å². The second-order valence-electron chi connectivity index (χ2n) is 12.0. The normalized spacial score (nSPS) is 18.0. The highest BCUT2D eigenvalue weighted by molar-refractivity contribution is 5.92. The highest BCUT2D eigenvalue weighted by Crippen LogP contribution is 2.44. The van der Waals surface area contributed by atoms with Crippen molar-refractivity contribution in [3.63, 3.8) is 0 Å². The summed E-state index contributed by atoms with van der Waals surface area (Å²) in [7, 11) is 3.57. The summed E-state index contributed by atoms with van der Waals surface area (Å²) in [6.45, 7) is 13.7. The number of likely N-dealkylation sites (N-methyl/N-ethyl adjacent to an activating group) is 2. The Labute approximate surface area is 229 Å². The number of carbonyl (C=O) groups is 3. The first-order valence-electron chi connectivity index (χ1n) is 14.0. The third-order valence-corrected chi connectivity index (χ3v) is 7.84. The molecule has 1 aliphatic rings. The minimum atomic E-state index is -0.748. The van der Waals surface area contributed by atoms with Crippen LogP contribution >= 0.6 is 0 Å². The van der Waals surface area contributed by atoms with E-state index in [1.54, 1.807) is 31.9 Å². The maximum atomic E-state index is 14.0. The molecule has 2 N–H and O–H groups in total. The fourth-order valence-corrected chi connectivity index (χ4v) is 5.72. The monoisotopic (exact) mass is 527 g/mol. The molecule has 1 aromatic rings. The smallest absolute Gasteiger partial charge is 0.333 e. The molecule has 38 heavy (non-hydrogen) atoms. The predicted octanol–water partition coefficient (Wildman–Crippen LogP) is 4.61. The van der Waals surface area contributed by atoms with Crippen LogP contribution in [0, 0.1) is 11.3 Å². The number of hydrogen-bond acceptors (Lipinski definition) is 5. The Hall–Kier alpha value is -2.67. The molecule has 1 unspecified atom stereocenters. The van der Waals surface area contributed by atoms with Gasteiger partial charge in [0.05, 0.1) is 18.7 Å². The Morgan fingerprint density at radius 1 is 1.11 bits per heavy atom. The van der Waals surface area contributed by atoms with Crippen molar-refractivity contribution in [2.24, 2.45) is 11.3 Å². The third-order valence-electron chi connectivity index (χ3n) is 7.84. The molecule has 0 radical (unpaired) electrons. The van der Waals surface area contributed by atoms with Crippen LogP contribution in [-0.4, -0.2) is 61.5 Å². The molecule has 1 saturated carbocycles. The van der Waals surface area contributed by atoms with E-state index >= 15 is 0 Å². The van der Waals surface area contributed by atoms with Crippen LogP contribution in [0.15, 0.2) is 42.0 Å². The molecule has 0 aromatic heterocycles. The van der Waals surface area contributed by atoms with Gasteiger partial charge in [0.2, 0.25) is 11.8 Å². The second kappa shape index (κ2) is 13.4. The molecule has 0 saturated heterocycles. The molecule has 2 rings (SSSR count). The van der Waals surface area contributed by atoms with E-state index in [0.29, 0.717) is 12.2 Å². The van der Waals surface area contributed by atoms with E-state index in [-0.39, 0.29) is 35.2 Å². The topological polar surface area (TPSA) is 87.7 Å². The van der Waals surface area contributed by atoms with Crippen molar-refractivity contribution in [1.82, 2.24) is 15.5 Å². The van der Waals surface area contributed by atoms with Gasteiger partial charge in [-0.3, -0.25) is 9.59 Å². The number of hydrogen-bond donors (Lipinski definition) is 2. The zero-order valence-corrected chi connectivity index (χ0v) is 24.9. The SMILES string of the molecule is CCOC(=O)/C(C)=C/[C@H](C(C)C)N(C)C(=O)[C@@H](NC(=O)C(NC)C1(c2ccccc2)CCCC1)C(C)(C)C. The Balaban J connectivity index is 2.37. The molecule has 1 aliphatic carbocycles. The van der Waals surface area contributed by atoms with E-state index in [1.807, 2.05) is 59.9 Å². The van der Waals surface area contributed by atoms with E-state index < -0.39 is 17.5 Å². The van der Waals surface area contributed by atoms with Gasteiger partial charge in [-0.1, -0.05) is 83.9 Å². The highest BCUT2D eigenvalue weighted by atomic mass is 16.5. The number of carbonyl (C=O) groups excluding carboxylic acids is 3. The summed E-state index contributed by atoms with van der Waals surface area (Å²) in [5.41, 5.74) is 0.762. The first kappa shape index (κ1) is 31.5. The van der Waals surface area contributed by atoms with Gasteiger partial charge in [0.15, 0.2) is 0 Å². The molecule has 212 valence electrons. The molecule has 7 heteroatoms. The van der Waals surface area contributed by atoms with Crippen LogP contribution in [-0.2, 0) is 24.5 Å². The first-order chi connectivity index (χ1) is 17.8. The molecule has 3 atom stereocenters. The molecular weight excluding hydrogens is 478 g/mol. The van der Waals surface area contributed by atoms with Crippen LogP contribution in [0.4, 0.5) is 0 Å². The number of benzene rings is 1. The summed E-state index contributed by atoms with van der Waals surface area (Å²) in [5.74, 6) is -0.694. The van der Waals surface area contributed by atoms with Gasteiger partial charge < -0.3 is 20.3 Å². The van der Waals surface area contributed by atoms with Gasteiger partial charge in [-0.15, -0.1) is 0 Å². The predicted molar refractivity (Wildman–Crippen MR) is 153 cm³/mol. The quantitative estimate of drug-likeness (QED) is 0.324. The number of rotatable bonds is 11. The summed E-state index contributed by atoms with van der Waals surface area (Å²) >= 11 is 0. The minimum Gasteiger partial charge on any atom is -0.463 e. The molecule has 1 aromatic carbocycles. The zero-order valence-electron chi connectivity index (χ0n) is 24.9. The van der Waals surface area contributed by atoms with Crippen LogP contribution in [0.5, 0.6) is 0 Å². The number of esters is 1. The number of nitrogens with one attached hydrogen (secondary N) is 2. The molecule has 2 amide bonds. The van der Waals surface area contributed by atoms with Crippen molar-refractivity contribution in [1.29, 1.82) is 0 Å². The van der Waals surface area contributed by atoms with E-state index in [1.165, 1.54) is 0 Å². The molecule has 0 spiro atoms. The van der Waals surface area contributed by atoms with Crippen molar-refractivity contribution < 1.29 is 19.1 Å². The summed E-state index contributed by atoms with van der Waals surface area (Å²) in [5, 5.41) is 6.45. The lowest BCUT2D eigenvalue weighted by atomic mass is 9.72. The Morgan fingerprint density at radius 2 is 1.68 bits per heavy atom. The molecule has 0 aliphatic heterocycles. The van der Waals surface area contributed by atoms with Crippen LogP contribution in [0.2, 0.25) is 0 Å². The summed E-state index contributed by atoms with van der Waals surface area (Å²) in [6.07, 6.45) is 5.75. The average molecular weight is 528 g/mol. The Morgan fingerprint density at radius 3 is 2.16 bits per heavy atom. The first-order valence-corrected chi connectivity index (χ1v) is 14.0. The lowest BCUT2D eigenvalue weighted by molar-refractivity contribution is -0.141. The Bertz CT molecular complexity index is 975. The number of amides is 2. The van der Waals surface area contributed by atoms with Crippen LogP contribution in [0.1, 0.15) is 79.7 Å². The van der Waals surface area contributed by atoms with Crippen molar-refractivity contribution >= 4 is 17.8 Å². The van der Waals surface area contributed by atoms with Crippen molar-refractivity contribution in [2.75, 3.05) is 20.7 Å². The number of ether oxygens (including phenoxy) is 1. The van der Waals surface area contributed by atoms with Gasteiger partial charge in [0.25, 0.3) is 0 Å². The van der Waals surface area contributed by atoms with Crippen molar-refractivity contribution in [3.8, 4) is 0 Å². The van der Waals surface area contributed by atoms with Gasteiger partial charge in [-0.05, 0) is 50.6 Å². The maximum absolute atomic E-state index is 14.0. The molecule has 0 bridgehead atoms. The van der Waals surface area contributed by atoms with Crippen LogP contribution in [0.3, 0.4) is 0 Å². The number of nitrogens with zero attached hydrogens (tertiary/aromatic N) is 1. The molecule has 7 nitrogen and oxygen atoms in total. The second-order valence-corrected chi connectivity index (χ2v) is 12.0. The summed E-state index contributed by atoms with van der Waals surface area (Å²) in [6, 6.07) is 8.70. The summed E-state index contributed by atoms with van der Waals surface area (Å²) in [4.78, 5) is 41.8. The van der Waals surface area contributed by atoms with Crippen LogP contribution < -0.4 is 10.6 Å². The minimum absolute atomic E-state index is 0.0505. The average Bonchev–Trinajstić information content (AvgIpc) is 3.36. The van der Waals surface area contributed by atoms with E-state index in [4.69, 9.17) is 4.74 Å². The van der Waals surface area contributed by atoms with Gasteiger partial charge >= 0.3 is 5.97 Å². The van der Waals surface area contributed by atoms with Gasteiger partial charge in [-0.2, -0.15) is 0 Å². The fourth-order valence-electron chi connectivity index (χ4n) is 5.72. The third kappa shape index (κ3) is 7.25. The standard InChI is InChI=1S/C31H49N3O4/c1-10-38-29(37)22(4)20-24(21(2)3)34(9)28(36)26(30(5,6)7)33-27(35)25(32-8)31(18-14-15-19-31)23-16-12-11-13-17-23/h11-13,16-17,20-21,24-26,32H,10,14-15,18-19H2,1-9H3,(H,33,35)/b22-20+/t24-,25?,26-/m1/s1. The Kier molecular flexibility index (Phi) is 11.1. The largest absolute Gasteiger partial charge is 0.463 e. The van der Waals surface area contributed by atoms with Crippen LogP contribution in [0.25, 0.3) is 0 Å². The molecule has 1 fully saturated rings. The lowest BCUT2D eigenvalue weighted by Crippen LogP contribution is -2.62. The van der Waals surface area contributed by atoms with Crippen molar-refractivity contribution in [2.45, 2.75) is 97.7 Å². The van der Waals surface area contributed by atoms with Crippen molar-refractivity contribution in [3.05, 3.63) is 47.5 Å². The van der Waals surface area contributed by atoms with E-state index in [0.717, 1.165) is 31.2 Å². The highest BCUT2D eigenvalue weighted by Gasteiger charge is 2.47. The fraction of sp³-hybridized carbons (Fsp3) is 0.645. The van der Waals surface area contributed by atoms with E-state index in [2.05, 4.69) is 22.8 Å². The zero-order chi connectivity index (χ0) is 28.7. The maximum Gasteiger partial charge on any atom is 0.333 e. The van der Waals surface area contributed by atoms with Gasteiger partial charge in [-0.25, -0.2) is 4.79 Å². The van der Waals surface area contributed by atoms with E-state index in [9.17, 15) is 14.4 Å². The summed E-state index contributed by atoms with van der Waals surface area (Å²) < 4.78 is 5.14. The molecule has 0 heterocycles.